The molecule has 0 aliphatic heterocycles. The van der Waals surface area contributed by atoms with E-state index in [4.69, 9.17) is 17.2 Å². The Morgan fingerprint density at radius 2 is 1.93 bits per heavy atom. The minimum absolute atomic E-state index is 0.0176. The number of nitro benzene ring substituents is 1. The van der Waals surface area contributed by atoms with Gasteiger partial charge < -0.3 is 0 Å². The first kappa shape index (κ1) is 19.0. The van der Waals surface area contributed by atoms with Gasteiger partial charge in [-0.05, 0) is 43.4 Å². The summed E-state index contributed by atoms with van der Waals surface area (Å²) in [6, 6.07) is 5.99. The number of ketones is 1. The van der Waals surface area contributed by atoms with Gasteiger partial charge >= 0.3 is 0 Å². The van der Waals surface area contributed by atoms with Gasteiger partial charge in [0.25, 0.3) is 5.69 Å². The lowest BCUT2D eigenvalue weighted by Gasteiger charge is -2.04. The Kier molecular flexibility index (Phi) is 4.48. The van der Waals surface area contributed by atoms with Crippen molar-refractivity contribution >= 4 is 51.0 Å². The molecule has 0 radical (unpaired) electrons. The van der Waals surface area contributed by atoms with Gasteiger partial charge in [0, 0.05) is 23.9 Å². The molecule has 0 saturated carbocycles. The fourth-order valence-corrected chi connectivity index (χ4v) is 5.71. The van der Waals surface area contributed by atoms with Crippen molar-refractivity contribution in [1.82, 2.24) is 19.2 Å². The van der Waals surface area contributed by atoms with E-state index in [1.165, 1.54) is 40.6 Å². The molecule has 1 aromatic carbocycles. The van der Waals surface area contributed by atoms with Crippen LogP contribution in [0.25, 0.3) is 21.7 Å². The van der Waals surface area contributed by atoms with Crippen molar-refractivity contribution in [3.8, 4) is 5.69 Å². The molecule has 3 heterocycles. The van der Waals surface area contributed by atoms with Crippen LogP contribution in [0.3, 0.4) is 0 Å². The molecule has 10 heteroatoms. The second kappa shape index (κ2) is 7.06. The van der Waals surface area contributed by atoms with Crippen LogP contribution in [0.15, 0.2) is 24.3 Å². The monoisotopic (exact) mass is 439 g/mol. The Hall–Kier alpha value is -2.98. The number of thiophene rings is 1. The molecule has 0 atom stereocenters. The predicted molar refractivity (Wildman–Crippen MR) is 116 cm³/mol. The van der Waals surface area contributed by atoms with E-state index in [1.54, 1.807) is 27.9 Å². The quantitative estimate of drug-likeness (QED) is 0.149. The normalized spacial score (nSPS) is 14.0. The van der Waals surface area contributed by atoms with Crippen LogP contribution in [0.4, 0.5) is 5.69 Å². The maximum atomic E-state index is 12.4. The van der Waals surface area contributed by atoms with Crippen LogP contribution in [0.1, 0.15) is 47.2 Å². The highest BCUT2D eigenvalue weighted by Crippen LogP contribution is 2.36. The predicted octanol–water partition coefficient (Wildman–Crippen LogP) is 4.84. The van der Waals surface area contributed by atoms with Crippen molar-refractivity contribution in [1.29, 1.82) is 0 Å². The van der Waals surface area contributed by atoms with Gasteiger partial charge in [0.05, 0.1) is 16.0 Å². The summed E-state index contributed by atoms with van der Waals surface area (Å²) in [6.07, 6.45) is 5.49. The van der Waals surface area contributed by atoms with Crippen LogP contribution in [-0.2, 0) is 12.8 Å². The smallest absolute Gasteiger partial charge is 0.269 e. The molecule has 152 valence electrons. The van der Waals surface area contributed by atoms with Crippen LogP contribution in [0.5, 0.6) is 0 Å². The van der Waals surface area contributed by atoms with Crippen molar-refractivity contribution in [3.05, 3.63) is 55.3 Å². The fraction of sp³-hybridized carbons (Fsp3) is 0.300. The first-order valence-corrected chi connectivity index (χ1v) is 10.9. The Bertz CT molecular complexity index is 1400. The van der Waals surface area contributed by atoms with E-state index in [0.717, 1.165) is 35.9 Å². The summed E-state index contributed by atoms with van der Waals surface area (Å²) in [6.45, 7) is 1.45. The summed E-state index contributed by atoms with van der Waals surface area (Å²) in [5.41, 5.74) is 1.82. The lowest BCUT2D eigenvalue weighted by Crippen LogP contribution is -2.03. The van der Waals surface area contributed by atoms with Crippen molar-refractivity contribution in [2.75, 3.05) is 0 Å². The van der Waals surface area contributed by atoms with Gasteiger partial charge in [-0.3, -0.25) is 14.9 Å². The second-order valence-corrected chi connectivity index (χ2v) is 8.83. The minimum atomic E-state index is -0.456. The molecule has 0 fully saturated rings. The largest absolute Gasteiger partial charge is 0.291 e. The Morgan fingerprint density at radius 3 is 2.63 bits per heavy atom. The Balaban J connectivity index is 1.82. The number of aryl methyl sites for hydroxylation is 2. The molecule has 1 aliphatic rings. The third kappa shape index (κ3) is 2.86. The van der Waals surface area contributed by atoms with Crippen molar-refractivity contribution in [2.24, 2.45) is 0 Å². The summed E-state index contributed by atoms with van der Waals surface area (Å²) in [5.74, 6) is 0.415. The first-order valence-electron chi connectivity index (χ1n) is 9.67. The van der Waals surface area contributed by atoms with Gasteiger partial charge in [-0.1, -0.05) is 18.6 Å². The minimum Gasteiger partial charge on any atom is -0.291 e. The van der Waals surface area contributed by atoms with E-state index in [2.05, 4.69) is 5.10 Å². The highest BCUT2D eigenvalue weighted by atomic mass is 32.1. The molecule has 3 aromatic heterocycles. The third-order valence-electron chi connectivity index (χ3n) is 5.44. The van der Waals surface area contributed by atoms with Gasteiger partial charge in [0.15, 0.2) is 5.78 Å². The number of hydrogen-bond acceptors (Lipinski definition) is 7. The molecule has 8 nitrogen and oxygen atoms in total. The molecular formula is C20H17N5O3S2. The SMILES string of the molecule is CC(=O)c1nn(-c2ccc([N+](=O)[O-])cc2)c2nc3sc4c(c3c(=S)n12)CCCCC4. The fourth-order valence-electron chi connectivity index (χ4n) is 4.00. The average molecular weight is 440 g/mol. The van der Waals surface area contributed by atoms with Gasteiger partial charge in [-0.25, -0.2) is 9.38 Å². The van der Waals surface area contributed by atoms with Gasteiger partial charge in [0.1, 0.15) is 9.47 Å². The molecule has 0 bridgehead atoms. The number of rotatable bonds is 3. The van der Waals surface area contributed by atoms with E-state index >= 15 is 0 Å². The summed E-state index contributed by atoms with van der Waals surface area (Å²) in [4.78, 5) is 29.9. The molecule has 4 aromatic rings. The summed E-state index contributed by atoms with van der Waals surface area (Å²) < 4.78 is 3.72. The number of non-ortho nitro benzene ring substituents is 1. The third-order valence-corrected chi connectivity index (χ3v) is 7.01. The maximum absolute atomic E-state index is 12.4. The van der Waals surface area contributed by atoms with E-state index < -0.39 is 4.92 Å². The molecular weight excluding hydrogens is 422 g/mol. The number of nitro groups is 1. The Labute approximate surface area is 179 Å². The van der Waals surface area contributed by atoms with Crippen LogP contribution >= 0.6 is 23.6 Å². The average Bonchev–Trinajstić information content (AvgIpc) is 3.19. The van der Waals surface area contributed by atoms with Crippen LogP contribution < -0.4 is 0 Å². The zero-order valence-electron chi connectivity index (χ0n) is 16.1. The molecule has 5 rings (SSSR count). The highest BCUT2D eigenvalue weighted by Gasteiger charge is 2.23. The standard InChI is InChI=1S/C20H17N5O3S2/c1-11(26)17-22-24(12-7-9-13(10-8-12)25(27)28)20-21-18-16(19(29)23(17)20)14-5-3-2-4-6-15(14)30-18/h7-10H,2-6H2,1H3. The number of nitrogens with zero attached hydrogens (tertiary/aromatic N) is 5. The number of carbonyl (C=O) groups is 1. The van der Waals surface area contributed by atoms with Crippen molar-refractivity contribution in [3.63, 3.8) is 0 Å². The number of fused-ring (bicyclic) bond motifs is 4. The molecule has 0 unspecified atom stereocenters. The van der Waals surface area contributed by atoms with E-state index in [1.807, 2.05) is 0 Å². The molecule has 0 spiro atoms. The van der Waals surface area contributed by atoms with Crippen LogP contribution in [0.2, 0.25) is 0 Å². The van der Waals surface area contributed by atoms with Gasteiger partial charge in [-0.15, -0.1) is 16.4 Å². The number of aromatic nitrogens is 4. The van der Waals surface area contributed by atoms with E-state index in [-0.39, 0.29) is 17.3 Å². The topological polar surface area (TPSA) is 95.3 Å². The van der Waals surface area contributed by atoms with Crippen LogP contribution in [-0.4, -0.2) is 29.9 Å². The van der Waals surface area contributed by atoms with E-state index in [0.29, 0.717) is 16.1 Å². The summed E-state index contributed by atoms with van der Waals surface area (Å²) in [7, 11) is 0. The van der Waals surface area contributed by atoms with Crippen molar-refractivity contribution < 1.29 is 9.72 Å². The van der Waals surface area contributed by atoms with Crippen LogP contribution in [0, 0.1) is 14.8 Å². The van der Waals surface area contributed by atoms with Gasteiger partial charge in [-0.2, -0.15) is 4.68 Å². The van der Waals surface area contributed by atoms with Gasteiger partial charge in [0.2, 0.25) is 11.6 Å². The van der Waals surface area contributed by atoms with Crippen molar-refractivity contribution in [2.45, 2.75) is 39.0 Å². The second-order valence-electron chi connectivity index (χ2n) is 7.36. The molecule has 30 heavy (non-hydrogen) atoms. The zero-order chi connectivity index (χ0) is 21.0. The number of carbonyl (C=O) groups excluding carboxylic acids is 1. The maximum Gasteiger partial charge on any atom is 0.269 e. The van der Waals surface area contributed by atoms with E-state index in [9.17, 15) is 14.9 Å². The molecule has 0 amide bonds. The molecule has 0 N–H and O–H groups in total. The summed E-state index contributed by atoms with van der Waals surface area (Å²) >= 11 is 7.50. The lowest BCUT2D eigenvalue weighted by molar-refractivity contribution is -0.384. The molecule has 0 saturated heterocycles. The first-order chi connectivity index (χ1) is 14.5. The lowest BCUT2D eigenvalue weighted by atomic mass is 10.1. The Morgan fingerprint density at radius 1 is 1.20 bits per heavy atom. The zero-order valence-corrected chi connectivity index (χ0v) is 17.8. The number of Topliss-reactive ketones (excluding diaryl/α,β-unsaturated/α-hetero) is 1. The molecule has 1 aliphatic carbocycles. The number of benzene rings is 1. The summed E-state index contributed by atoms with van der Waals surface area (Å²) in [5, 5.41) is 16.4. The number of hydrogen-bond donors (Lipinski definition) is 0. The highest BCUT2D eigenvalue weighted by molar-refractivity contribution is 7.71.